The fourth-order valence-electron chi connectivity index (χ4n) is 0.970. The van der Waals surface area contributed by atoms with E-state index in [1.165, 1.54) is 0 Å². The largest absolute Gasteiger partial charge is 0.464 e. The van der Waals surface area contributed by atoms with Crippen molar-refractivity contribution in [3.05, 3.63) is 12.7 Å². The molecule has 0 saturated heterocycles. The summed E-state index contributed by atoms with van der Waals surface area (Å²) in [6, 6.07) is 0. The van der Waals surface area contributed by atoms with Crippen LogP contribution in [0.1, 0.15) is 37.7 Å². The Hall–Kier alpha value is -1.52. The second-order valence-corrected chi connectivity index (χ2v) is 4.72. The molecule has 0 N–H and O–H groups in total. The third-order valence-corrected chi connectivity index (χ3v) is 1.72. The molecule has 104 valence electrons. The van der Waals surface area contributed by atoms with Crippen LogP contribution in [0.5, 0.6) is 0 Å². The third-order valence-electron chi connectivity index (χ3n) is 1.72. The maximum absolute atomic E-state index is 11.8. The van der Waals surface area contributed by atoms with Crippen molar-refractivity contribution in [2.45, 2.75) is 39.2 Å². The van der Waals surface area contributed by atoms with Crippen molar-refractivity contribution in [3.8, 4) is 0 Å². The second kappa shape index (κ2) is 7.74. The van der Waals surface area contributed by atoms with Crippen molar-refractivity contribution in [3.63, 3.8) is 0 Å². The van der Waals surface area contributed by atoms with E-state index in [0.717, 1.165) is 0 Å². The molecule has 0 aliphatic carbocycles. The summed E-state index contributed by atoms with van der Waals surface area (Å²) in [7, 11) is 0. The SMILES string of the molecule is [2H]C([2H])([2H])N(CC(=O)OCCCC=C)C(=O)OC(C)(C)C. The van der Waals surface area contributed by atoms with Gasteiger partial charge >= 0.3 is 12.1 Å². The van der Waals surface area contributed by atoms with Crippen molar-refractivity contribution < 1.29 is 23.2 Å². The highest BCUT2D eigenvalue weighted by atomic mass is 16.6. The van der Waals surface area contributed by atoms with E-state index in [2.05, 4.69) is 6.58 Å². The Balaban J connectivity index is 4.61. The van der Waals surface area contributed by atoms with E-state index >= 15 is 0 Å². The standard InChI is InChI=1S/C13H23NO4/c1-6-7-8-9-17-11(15)10-14(5)12(16)18-13(2,3)4/h6H,1,7-10H2,2-5H3/i5D3. The van der Waals surface area contributed by atoms with Crippen molar-refractivity contribution in [2.24, 2.45) is 0 Å². The number of nitrogens with zero attached hydrogens (tertiary/aromatic N) is 1. The molecule has 0 aliphatic rings. The number of unbranched alkanes of at least 4 members (excludes halogenated alkanes) is 1. The third kappa shape index (κ3) is 8.61. The van der Waals surface area contributed by atoms with Crippen LogP contribution >= 0.6 is 0 Å². The Morgan fingerprint density at radius 1 is 1.44 bits per heavy atom. The van der Waals surface area contributed by atoms with Gasteiger partial charge in [0.2, 0.25) is 0 Å². The number of ether oxygens (including phenoxy) is 2. The Morgan fingerprint density at radius 3 is 2.61 bits per heavy atom. The Kier molecular flexibility index (Phi) is 4.97. The number of hydrogen-bond acceptors (Lipinski definition) is 4. The van der Waals surface area contributed by atoms with E-state index in [-0.39, 0.29) is 6.61 Å². The van der Waals surface area contributed by atoms with Gasteiger partial charge in [-0.3, -0.25) is 4.79 Å². The molecular weight excluding hydrogens is 234 g/mol. The summed E-state index contributed by atoms with van der Waals surface area (Å²) in [6.45, 7) is 5.04. The van der Waals surface area contributed by atoms with Gasteiger partial charge in [-0.15, -0.1) is 6.58 Å². The molecule has 0 unspecified atom stereocenters. The monoisotopic (exact) mass is 260 g/mol. The van der Waals surface area contributed by atoms with Crippen molar-refractivity contribution in [2.75, 3.05) is 20.1 Å². The molecule has 1 amide bonds. The smallest absolute Gasteiger partial charge is 0.410 e. The van der Waals surface area contributed by atoms with Crippen LogP contribution in [0.15, 0.2) is 12.7 Å². The average Bonchev–Trinajstić information content (AvgIpc) is 2.28. The van der Waals surface area contributed by atoms with Crippen molar-refractivity contribution in [1.82, 2.24) is 4.90 Å². The van der Waals surface area contributed by atoms with E-state index in [4.69, 9.17) is 13.6 Å². The normalized spacial score (nSPS) is 13.8. The van der Waals surface area contributed by atoms with Crippen molar-refractivity contribution >= 4 is 12.1 Å². The number of allylic oxidation sites excluding steroid dienone is 1. The summed E-state index contributed by atoms with van der Waals surface area (Å²) >= 11 is 0. The molecule has 0 bridgehead atoms. The lowest BCUT2D eigenvalue weighted by Gasteiger charge is -2.24. The highest BCUT2D eigenvalue weighted by molar-refractivity contribution is 5.77. The molecule has 0 aromatic carbocycles. The number of likely N-dealkylation sites (N-methyl/N-ethyl adjacent to an activating group) is 1. The van der Waals surface area contributed by atoms with Gasteiger partial charge in [-0.1, -0.05) is 6.08 Å². The predicted molar refractivity (Wildman–Crippen MR) is 69.3 cm³/mol. The first-order valence-corrected chi connectivity index (χ1v) is 5.74. The van der Waals surface area contributed by atoms with Crippen LogP contribution in [0, 0.1) is 0 Å². The van der Waals surface area contributed by atoms with E-state index in [9.17, 15) is 9.59 Å². The molecule has 0 spiro atoms. The summed E-state index contributed by atoms with van der Waals surface area (Å²) in [5.74, 6) is -0.791. The molecule has 0 rings (SSSR count). The fraction of sp³-hybridized carbons (Fsp3) is 0.692. The number of hydrogen-bond donors (Lipinski definition) is 0. The lowest BCUT2D eigenvalue weighted by molar-refractivity contribution is -0.144. The maximum Gasteiger partial charge on any atom is 0.410 e. The minimum atomic E-state index is -2.78. The molecule has 5 nitrogen and oxygen atoms in total. The number of rotatable bonds is 6. The first-order valence-electron chi connectivity index (χ1n) is 7.24. The summed E-state index contributed by atoms with van der Waals surface area (Å²) in [6.07, 6.45) is 1.88. The molecule has 0 fully saturated rings. The van der Waals surface area contributed by atoms with Crippen LogP contribution < -0.4 is 0 Å². The zero-order valence-corrected chi connectivity index (χ0v) is 11.2. The van der Waals surface area contributed by atoms with Gasteiger partial charge < -0.3 is 14.4 Å². The molecule has 0 aromatic heterocycles. The molecule has 5 heteroatoms. The molecular formula is C13H23NO4. The van der Waals surface area contributed by atoms with Gasteiger partial charge in [0, 0.05) is 11.1 Å². The minimum absolute atomic E-state index is 0.147. The molecule has 0 aliphatic heterocycles. The number of carbonyl (C=O) groups excluding carboxylic acids is 2. The lowest BCUT2D eigenvalue weighted by Crippen LogP contribution is -2.37. The van der Waals surface area contributed by atoms with Crippen LogP contribution in [0.3, 0.4) is 0 Å². The van der Waals surface area contributed by atoms with Crippen LogP contribution in [-0.4, -0.2) is 42.7 Å². The molecule has 0 saturated carbocycles. The van der Waals surface area contributed by atoms with Gasteiger partial charge in [-0.25, -0.2) is 4.79 Å². The quantitative estimate of drug-likeness (QED) is 0.418. The van der Waals surface area contributed by atoms with Gasteiger partial charge in [-0.2, -0.15) is 0 Å². The highest BCUT2D eigenvalue weighted by Crippen LogP contribution is 2.08. The molecule has 18 heavy (non-hydrogen) atoms. The van der Waals surface area contributed by atoms with Crippen LogP contribution in [0.25, 0.3) is 0 Å². The summed E-state index contributed by atoms with van der Waals surface area (Å²) in [5.41, 5.74) is -0.853. The van der Waals surface area contributed by atoms with Gasteiger partial charge in [0.25, 0.3) is 0 Å². The predicted octanol–water partition coefficient (Wildman–Crippen LogP) is 2.36. The lowest BCUT2D eigenvalue weighted by atomic mass is 10.2. The summed E-state index contributed by atoms with van der Waals surface area (Å²) < 4.78 is 31.7. The number of amides is 1. The minimum Gasteiger partial charge on any atom is -0.464 e. The maximum atomic E-state index is 11.8. The van der Waals surface area contributed by atoms with E-state index in [0.29, 0.717) is 17.7 Å². The van der Waals surface area contributed by atoms with E-state index in [1.54, 1.807) is 26.8 Å². The zero-order chi connectivity index (χ0) is 16.7. The van der Waals surface area contributed by atoms with E-state index < -0.39 is 31.2 Å². The molecule has 0 atom stereocenters. The number of carbonyl (C=O) groups is 2. The van der Waals surface area contributed by atoms with Crippen molar-refractivity contribution in [1.29, 1.82) is 0 Å². The number of esters is 1. The Labute approximate surface area is 113 Å². The Morgan fingerprint density at radius 2 is 2.11 bits per heavy atom. The van der Waals surface area contributed by atoms with Crippen LogP contribution in [0.2, 0.25) is 0 Å². The first-order chi connectivity index (χ1) is 9.47. The van der Waals surface area contributed by atoms with Gasteiger partial charge in [-0.05, 0) is 33.6 Å². The highest BCUT2D eigenvalue weighted by Gasteiger charge is 2.21. The fourth-order valence-corrected chi connectivity index (χ4v) is 0.970. The molecule has 0 heterocycles. The van der Waals surface area contributed by atoms with Gasteiger partial charge in [0.15, 0.2) is 0 Å². The summed E-state index contributed by atoms with van der Waals surface area (Å²) in [5, 5.41) is 0. The average molecular weight is 260 g/mol. The second-order valence-electron chi connectivity index (χ2n) is 4.72. The topological polar surface area (TPSA) is 55.8 Å². The molecule has 0 aromatic rings. The van der Waals surface area contributed by atoms with E-state index in [1.807, 2.05) is 0 Å². The van der Waals surface area contributed by atoms with Crippen LogP contribution in [0.4, 0.5) is 4.79 Å². The summed E-state index contributed by atoms with van der Waals surface area (Å²) in [4.78, 5) is 23.8. The van der Waals surface area contributed by atoms with Crippen LogP contribution in [-0.2, 0) is 14.3 Å². The zero-order valence-electron chi connectivity index (χ0n) is 14.2. The Bertz CT molecular complexity index is 375. The van der Waals surface area contributed by atoms with Gasteiger partial charge in [0.05, 0.1) is 6.61 Å². The molecule has 0 radical (unpaired) electrons. The van der Waals surface area contributed by atoms with Gasteiger partial charge in [0.1, 0.15) is 12.1 Å². The first kappa shape index (κ1) is 11.6.